The monoisotopic (exact) mass is 342 g/mol. The van der Waals surface area contributed by atoms with Crippen LogP contribution in [0.5, 0.6) is 5.75 Å². The van der Waals surface area contributed by atoms with Crippen molar-refractivity contribution in [2.75, 3.05) is 27.2 Å². The number of nitrogens with two attached hydrogens (primary N) is 1. The molecule has 2 aromatic rings. The summed E-state index contributed by atoms with van der Waals surface area (Å²) in [6, 6.07) is 17.1. The summed E-state index contributed by atoms with van der Waals surface area (Å²) < 4.78 is 5.19. The van der Waals surface area contributed by atoms with Crippen LogP contribution >= 0.6 is 0 Å². The van der Waals surface area contributed by atoms with Gasteiger partial charge in [0.1, 0.15) is 5.75 Å². The molecule has 25 heavy (non-hydrogen) atoms. The third-order valence-corrected chi connectivity index (χ3v) is 3.83. The molecule has 6 heteroatoms. The van der Waals surface area contributed by atoms with E-state index in [0.29, 0.717) is 0 Å². The molecule has 6 nitrogen and oxygen atoms in total. The zero-order chi connectivity index (χ0) is 18.1. The van der Waals surface area contributed by atoms with Gasteiger partial charge in [-0.2, -0.15) is 0 Å². The SMILES string of the molecule is CNC(=O)C[NH2+]CC(=O)N[C@@H](c1ccccc1)c1ccc(OC)cc1. The predicted octanol–water partition coefficient (Wildman–Crippen LogP) is 0.210. The highest BCUT2D eigenvalue weighted by Gasteiger charge is 2.18. The van der Waals surface area contributed by atoms with Crippen LogP contribution in [-0.2, 0) is 9.59 Å². The van der Waals surface area contributed by atoms with E-state index in [1.165, 1.54) is 0 Å². The summed E-state index contributed by atoms with van der Waals surface area (Å²) in [6.07, 6.45) is 0. The van der Waals surface area contributed by atoms with E-state index >= 15 is 0 Å². The zero-order valence-corrected chi connectivity index (χ0v) is 14.5. The Morgan fingerprint density at radius 2 is 1.56 bits per heavy atom. The molecule has 0 radical (unpaired) electrons. The fourth-order valence-corrected chi connectivity index (χ4v) is 2.46. The first kappa shape index (κ1) is 18.5. The van der Waals surface area contributed by atoms with E-state index in [1.54, 1.807) is 19.5 Å². The van der Waals surface area contributed by atoms with Crippen molar-refractivity contribution in [1.29, 1.82) is 0 Å². The molecule has 0 unspecified atom stereocenters. The number of amides is 2. The average Bonchev–Trinajstić information content (AvgIpc) is 2.66. The summed E-state index contributed by atoms with van der Waals surface area (Å²) in [4.78, 5) is 23.5. The van der Waals surface area contributed by atoms with E-state index in [9.17, 15) is 9.59 Å². The van der Waals surface area contributed by atoms with E-state index in [2.05, 4.69) is 10.6 Å². The maximum Gasteiger partial charge on any atom is 0.275 e. The number of rotatable bonds is 8. The highest BCUT2D eigenvalue weighted by molar-refractivity contribution is 5.79. The van der Waals surface area contributed by atoms with Crippen molar-refractivity contribution in [3.05, 3.63) is 65.7 Å². The van der Waals surface area contributed by atoms with Crippen molar-refractivity contribution in [2.45, 2.75) is 6.04 Å². The molecule has 0 fully saturated rings. The van der Waals surface area contributed by atoms with Gasteiger partial charge in [0.2, 0.25) is 0 Å². The molecule has 0 aliphatic heterocycles. The van der Waals surface area contributed by atoms with Gasteiger partial charge in [-0.15, -0.1) is 0 Å². The average molecular weight is 342 g/mol. The number of benzene rings is 2. The Morgan fingerprint density at radius 3 is 2.16 bits per heavy atom. The third-order valence-electron chi connectivity index (χ3n) is 3.83. The number of methoxy groups -OCH3 is 1. The van der Waals surface area contributed by atoms with Gasteiger partial charge >= 0.3 is 0 Å². The van der Waals surface area contributed by atoms with E-state index < -0.39 is 0 Å². The van der Waals surface area contributed by atoms with Crippen molar-refractivity contribution in [3.63, 3.8) is 0 Å². The lowest BCUT2D eigenvalue weighted by molar-refractivity contribution is -0.633. The smallest absolute Gasteiger partial charge is 0.275 e. The molecule has 2 aromatic carbocycles. The van der Waals surface area contributed by atoms with Crippen molar-refractivity contribution in [1.82, 2.24) is 10.6 Å². The highest BCUT2D eigenvalue weighted by atomic mass is 16.5. The second kappa shape index (κ2) is 9.44. The lowest BCUT2D eigenvalue weighted by Gasteiger charge is -2.19. The van der Waals surface area contributed by atoms with Gasteiger partial charge in [0.05, 0.1) is 13.2 Å². The van der Waals surface area contributed by atoms with Crippen LogP contribution in [0.15, 0.2) is 54.6 Å². The standard InChI is InChI=1S/C19H23N3O3/c1-20-17(23)12-21-13-18(24)22-19(14-6-4-3-5-7-14)15-8-10-16(25-2)11-9-15/h3-11,19,21H,12-13H2,1-2H3,(H,20,23)(H,22,24)/p+1/t19-/m0/s1. The van der Waals surface area contributed by atoms with Crippen molar-refractivity contribution < 1.29 is 19.6 Å². The van der Waals surface area contributed by atoms with Crippen LogP contribution in [0.4, 0.5) is 0 Å². The summed E-state index contributed by atoms with van der Waals surface area (Å²) in [5.41, 5.74) is 1.96. The lowest BCUT2D eigenvalue weighted by Crippen LogP contribution is -2.88. The number of hydrogen-bond acceptors (Lipinski definition) is 3. The topological polar surface area (TPSA) is 84.0 Å². The molecule has 2 amide bonds. The van der Waals surface area contributed by atoms with Gasteiger partial charge in [-0.3, -0.25) is 9.59 Å². The van der Waals surface area contributed by atoms with E-state index in [4.69, 9.17) is 4.74 Å². The maximum absolute atomic E-state index is 12.3. The summed E-state index contributed by atoms with van der Waals surface area (Å²) in [5, 5.41) is 7.24. The van der Waals surface area contributed by atoms with Crippen molar-refractivity contribution in [2.24, 2.45) is 0 Å². The molecule has 0 saturated heterocycles. The molecule has 0 aliphatic carbocycles. The van der Waals surface area contributed by atoms with Gasteiger partial charge in [-0.1, -0.05) is 42.5 Å². The van der Waals surface area contributed by atoms with Crippen LogP contribution in [0.25, 0.3) is 0 Å². The van der Waals surface area contributed by atoms with Crippen molar-refractivity contribution >= 4 is 11.8 Å². The summed E-state index contributed by atoms with van der Waals surface area (Å²) in [6.45, 7) is 0.412. The molecule has 4 N–H and O–H groups in total. The second-order valence-electron chi connectivity index (χ2n) is 5.55. The van der Waals surface area contributed by atoms with Gasteiger partial charge in [0.25, 0.3) is 11.8 Å². The Kier molecular flexibility index (Phi) is 6.98. The number of likely N-dealkylation sites (N-methyl/N-ethyl adjacent to an activating group) is 1. The van der Waals surface area contributed by atoms with Gasteiger partial charge in [-0.05, 0) is 23.3 Å². The minimum Gasteiger partial charge on any atom is -0.497 e. The quantitative estimate of drug-likeness (QED) is 0.641. The minimum absolute atomic E-state index is 0.109. The van der Waals surface area contributed by atoms with Gasteiger partial charge in [0, 0.05) is 7.05 Å². The van der Waals surface area contributed by atoms with Gasteiger partial charge < -0.3 is 20.7 Å². The van der Waals surface area contributed by atoms with Gasteiger partial charge in [-0.25, -0.2) is 0 Å². The van der Waals surface area contributed by atoms with E-state index in [1.807, 2.05) is 54.6 Å². The Balaban J connectivity index is 2.09. The van der Waals surface area contributed by atoms with E-state index in [-0.39, 0.29) is 30.9 Å². The molecule has 0 spiro atoms. The number of carbonyl (C=O) groups excluding carboxylic acids is 2. The molecule has 0 aliphatic rings. The molecular formula is C19H24N3O3+. The fourth-order valence-electron chi connectivity index (χ4n) is 2.46. The molecule has 2 rings (SSSR count). The van der Waals surface area contributed by atoms with Crippen LogP contribution in [0.1, 0.15) is 17.2 Å². The van der Waals surface area contributed by atoms with Crippen LogP contribution in [0, 0.1) is 0 Å². The first-order valence-corrected chi connectivity index (χ1v) is 8.14. The maximum atomic E-state index is 12.3. The normalized spacial score (nSPS) is 11.4. The molecule has 0 bridgehead atoms. The second-order valence-corrected chi connectivity index (χ2v) is 5.55. The third kappa shape index (κ3) is 5.61. The van der Waals surface area contributed by atoms with Crippen molar-refractivity contribution in [3.8, 4) is 5.75 Å². The molecule has 0 saturated carbocycles. The first-order chi connectivity index (χ1) is 12.1. The number of carbonyl (C=O) groups is 2. The predicted molar refractivity (Wildman–Crippen MR) is 95.1 cm³/mol. The lowest BCUT2D eigenvalue weighted by atomic mass is 9.98. The fraction of sp³-hybridized carbons (Fsp3) is 0.263. The Labute approximate surface area is 147 Å². The summed E-state index contributed by atoms with van der Waals surface area (Å²) in [5.74, 6) is 0.525. The number of quaternary nitrogens is 1. The summed E-state index contributed by atoms with van der Waals surface area (Å²) >= 11 is 0. The largest absolute Gasteiger partial charge is 0.497 e. The van der Waals surface area contributed by atoms with Crippen LogP contribution in [0.2, 0.25) is 0 Å². The molecule has 1 atom stereocenters. The minimum atomic E-state index is -0.256. The molecule has 0 aromatic heterocycles. The first-order valence-electron chi connectivity index (χ1n) is 8.14. The van der Waals surface area contributed by atoms with Gasteiger partial charge in [0.15, 0.2) is 13.1 Å². The number of ether oxygens (including phenoxy) is 1. The van der Waals surface area contributed by atoms with E-state index in [0.717, 1.165) is 16.9 Å². The van der Waals surface area contributed by atoms with Crippen LogP contribution in [0.3, 0.4) is 0 Å². The highest BCUT2D eigenvalue weighted by Crippen LogP contribution is 2.23. The Hall–Kier alpha value is -2.86. The zero-order valence-electron chi connectivity index (χ0n) is 14.5. The Morgan fingerprint density at radius 1 is 0.960 bits per heavy atom. The van der Waals surface area contributed by atoms with Crippen LogP contribution < -0.4 is 20.7 Å². The number of nitrogens with one attached hydrogen (secondary N) is 2. The molecular weight excluding hydrogens is 318 g/mol. The number of hydrogen-bond donors (Lipinski definition) is 3. The van der Waals surface area contributed by atoms with Crippen LogP contribution in [-0.4, -0.2) is 39.1 Å². The Bertz CT molecular complexity index is 687. The summed E-state index contributed by atoms with van der Waals surface area (Å²) in [7, 11) is 3.19. The molecule has 0 heterocycles. The molecule has 132 valence electrons.